The van der Waals surface area contributed by atoms with Crippen LogP contribution in [0.15, 0.2) is 24.3 Å². The summed E-state index contributed by atoms with van der Waals surface area (Å²) in [6.07, 6.45) is 1.17. The maximum Gasteiger partial charge on any atom is 0.263 e. The van der Waals surface area contributed by atoms with Gasteiger partial charge in [-0.25, -0.2) is 8.78 Å². The molecule has 2 N–H and O–H groups in total. The lowest BCUT2D eigenvalue weighted by Gasteiger charge is -2.38. The predicted molar refractivity (Wildman–Crippen MR) is 73.1 cm³/mol. The van der Waals surface area contributed by atoms with Gasteiger partial charge >= 0.3 is 0 Å². The second-order valence-corrected chi connectivity index (χ2v) is 5.44. The molecule has 1 aliphatic heterocycles. The number of likely N-dealkylation sites (tertiary alicyclic amines) is 1. The van der Waals surface area contributed by atoms with Crippen molar-refractivity contribution < 1.29 is 8.78 Å². The van der Waals surface area contributed by atoms with Crippen LogP contribution >= 0.6 is 0 Å². The van der Waals surface area contributed by atoms with Crippen molar-refractivity contribution in [2.24, 2.45) is 5.73 Å². The Morgan fingerprint density at radius 2 is 1.95 bits per heavy atom. The fourth-order valence-electron chi connectivity index (χ4n) is 2.81. The van der Waals surface area contributed by atoms with Crippen molar-refractivity contribution in [1.82, 2.24) is 4.90 Å². The molecule has 2 nitrogen and oxygen atoms in total. The minimum atomic E-state index is -2.39. The van der Waals surface area contributed by atoms with E-state index in [-0.39, 0.29) is 11.6 Å². The van der Waals surface area contributed by atoms with Crippen molar-refractivity contribution >= 4 is 0 Å². The zero-order valence-corrected chi connectivity index (χ0v) is 11.4. The van der Waals surface area contributed by atoms with E-state index in [1.54, 1.807) is 12.1 Å². The zero-order valence-electron chi connectivity index (χ0n) is 11.4. The lowest BCUT2D eigenvalue weighted by Crippen LogP contribution is -2.48. The molecule has 1 aliphatic rings. The third-order valence-corrected chi connectivity index (χ3v) is 3.89. The molecule has 0 aliphatic carbocycles. The van der Waals surface area contributed by atoms with Gasteiger partial charge in [-0.05, 0) is 31.9 Å². The van der Waals surface area contributed by atoms with Crippen LogP contribution in [-0.4, -0.2) is 23.5 Å². The van der Waals surface area contributed by atoms with Crippen molar-refractivity contribution in [3.63, 3.8) is 0 Å². The Labute approximate surface area is 113 Å². The molecule has 1 aromatic rings. The normalized spacial score (nSPS) is 22.7. The highest BCUT2D eigenvalue weighted by Crippen LogP contribution is 2.23. The second kappa shape index (κ2) is 6.44. The largest absolute Gasteiger partial charge is 0.327 e. The van der Waals surface area contributed by atoms with Crippen LogP contribution in [0, 0.1) is 0 Å². The molecule has 1 aromatic carbocycles. The van der Waals surface area contributed by atoms with Gasteiger partial charge in [-0.15, -0.1) is 0 Å². The third-order valence-electron chi connectivity index (χ3n) is 3.89. The number of halogens is 2. The molecular weight excluding hydrogens is 246 g/mol. The van der Waals surface area contributed by atoms with Crippen molar-refractivity contribution in [2.75, 3.05) is 6.54 Å². The van der Waals surface area contributed by atoms with Crippen LogP contribution in [-0.2, 0) is 6.54 Å². The Kier molecular flexibility index (Phi) is 4.88. The minimum Gasteiger partial charge on any atom is -0.327 e. The summed E-state index contributed by atoms with van der Waals surface area (Å²) in [5.74, 6) is 0. The van der Waals surface area contributed by atoms with Gasteiger partial charge in [0, 0.05) is 24.2 Å². The van der Waals surface area contributed by atoms with Crippen LogP contribution in [0.3, 0.4) is 0 Å². The molecule has 1 saturated heterocycles. The standard InChI is InChI=1S/C15H22F2N2/c1-11(18)14-4-2-3-9-19(14)10-12-5-7-13(8-6-12)15(16)17/h5-8,11,14-15H,2-4,9-10,18H2,1H3. The Balaban J connectivity index is 2.02. The number of hydrogen-bond donors (Lipinski definition) is 1. The Morgan fingerprint density at radius 3 is 2.53 bits per heavy atom. The van der Waals surface area contributed by atoms with Crippen molar-refractivity contribution in [3.8, 4) is 0 Å². The molecule has 0 spiro atoms. The highest BCUT2D eigenvalue weighted by Gasteiger charge is 2.25. The number of hydrogen-bond acceptors (Lipinski definition) is 2. The van der Waals surface area contributed by atoms with E-state index in [0.717, 1.165) is 25.1 Å². The zero-order chi connectivity index (χ0) is 13.8. The van der Waals surface area contributed by atoms with Gasteiger partial charge < -0.3 is 5.73 Å². The van der Waals surface area contributed by atoms with E-state index < -0.39 is 6.43 Å². The van der Waals surface area contributed by atoms with Crippen LogP contribution in [0.5, 0.6) is 0 Å². The van der Waals surface area contributed by atoms with Gasteiger partial charge in [-0.3, -0.25) is 4.90 Å². The molecule has 2 atom stereocenters. The number of nitrogens with two attached hydrogens (primary N) is 1. The van der Waals surface area contributed by atoms with Gasteiger partial charge in [-0.1, -0.05) is 30.7 Å². The molecular formula is C15H22F2N2. The first kappa shape index (κ1) is 14.4. The van der Waals surface area contributed by atoms with Crippen LogP contribution in [0.2, 0.25) is 0 Å². The van der Waals surface area contributed by atoms with Crippen molar-refractivity contribution in [1.29, 1.82) is 0 Å². The summed E-state index contributed by atoms with van der Waals surface area (Å²) in [4.78, 5) is 2.38. The first-order valence-electron chi connectivity index (χ1n) is 6.94. The monoisotopic (exact) mass is 268 g/mol. The summed E-state index contributed by atoms with van der Waals surface area (Å²) in [5, 5.41) is 0. The van der Waals surface area contributed by atoms with Gasteiger partial charge in [0.25, 0.3) is 6.43 Å². The first-order chi connectivity index (χ1) is 9.08. The molecule has 1 heterocycles. The smallest absolute Gasteiger partial charge is 0.263 e. The van der Waals surface area contributed by atoms with Gasteiger partial charge in [0.2, 0.25) is 0 Å². The van der Waals surface area contributed by atoms with Crippen LogP contribution < -0.4 is 5.73 Å². The fourth-order valence-corrected chi connectivity index (χ4v) is 2.81. The maximum atomic E-state index is 12.5. The molecule has 0 bridgehead atoms. The molecule has 19 heavy (non-hydrogen) atoms. The van der Waals surface area contributed by atoms with Crippen molar-refractivity contribution in [3.05, 3.63) is 35.4 Å². The number of rotatable bonds is 4. The van der Waals surface area contributed by atoms with E-state index in [1.807, 2.05) is 6.92 Å². The number of piperidine rings is 1. The Morgan fingerprint density at radius 1 is 1.26 bits per heavy atom. The van der Waals surface area contributed by atoms with Crippen LogP contribution in [0.4, 0.5) is 8.78 Å². The summed E-state index contributed by atoms with van der Waals surface area (Å²) in [6, 6.07) is 7.20. The summed E-state index contributed by atoms with van der Waals surface area (Å²) < 4.78 is 25.0. The predicted octanol–water partition coefficient (Wildman–Crippen LogP) is 3.33. The SMILES string of the molecule is CC(N)C1CCCCN1Cc1ccc(C(F)F)cc1. The molecule has 2 unspecified atom stereocenters. The second-order valence-electron chi connectivity index (χ2n) is 5.44. The number of nitrogens with zero attached hydrogens (tertiary/aromatic N) is 1. The minimum absolute atomic E-state index is 0.0890. The molecule has 0 amide bonds. The summed E-state index contributed by atoms with van der Waals surface area (Å²) in [7, 11) is 0. The number of alkyl halides is 2. The number of benzene rings is 1. The fraction of sp³-hybridized carbons (Fsp3) is 0.600. The Bertz CT molecular complexity index is 390. The topological polar surface area (TPSA) is 29.3 Å². The van der Waals surface area contributed by atoms with Crippen molar-refractivity contribution in [2.45, 2.75) is 51.2 Å². The lowest BCUT2D eigenvalue weighted by molar-refractivity contribution is 0.123. The van der Waals surface area contributed by atoms with Crippen LogP contribution in [0.1, 0.15) is 43.7 Å². The molecule has 1 fully saturated rings. The molecule has 0 aromatic heterocycles. The van der Waals surface area contributed by atoms with E-state index in [1.165, 1.54) is 25.0 Å². The maximum absolute atomic E-state index is 12.5. The van der Waals surface area contributed by atoms with Gasteiger partial charge in [0.15, 0.2) is 0 Å². The molecule has 2 rings (SSSR count). The first-order valence-corrected chi connectivity index (χ1v) is 6.94. The average Bonchev–Trinajstić information content (AvgIpc) is 2.39. The van der Waals surface area contributed by atoms with Crippen LogP contribution in [0.25, 0.3) is 0 Å². The summed E-state index contributed by atoms with van der Waals surface area (Å²) in [6.45, 7) is 3.89. The molecule has 4 heteroatoms. The van der Waals surface area contributed by atoms with Gasteiger partial charge in [0.1, 0.15) is 0 Å². The summed E-state index contributed by atoms with van der Waals surface area (Å²) >= 11 is 0. The highest BCUT2D eigenvalue weighted by atomic mass is 19.3. The Hall–Kier alpha value is -1.00. The van der Waals surface area contributed by atoms with Gasteiger partial charge in [0.05, 0.1) is 0 Å². The van der Waals surface area contributed by atoms with E-state index in [9.17, 15) is 8.78 Å². The van der Waals surface area contributed by atoms with E-state index >= 15 is 0 Å². The van der Waals surface area contributed by atoms with E-state index in [2.05, 4.69) is 4.90 Å². The highest BCUT2D eigenvalue weighted by molar-refractivity contribution is 5.23. The molecule has 106 valence electrons. The van der Waals surface area contributed by atoms with E-state index in [0.29, 0.717) is 6.04 Å². The molecule has 0 saturated carbocycles. The van der Waals surface area contributed by atoms with E-state index in [4.69, 9.17) is 5.73 Å². The lowest BCUT2D eigenvalue weighted by atomic mass is 9.96. The summed E-state index contributed by atoms with van der Waals surface area (Å²) in [5.41, 5.74) is 7.20. The molecule has 0 radical (unpaired) electrons. The van der Waals surface area contributed by atoms with Gasteiger partial charge in [-0.2, -0.15) is 0 Å². The third kappa shape index (κ3) is 3.74. The quantitative estimate of drug-likeness (QED) is 0.907. The average molecular weight is 268 g/mol.